The number of hydrogen-bond donors (Lipinski definition) is 1. The van der Waals surface area contributed by atoms with Crippen LogP contribution in [0.5, 0.6) is 0 Å². The molecule has 1 atom stereocenters. The van der Waals surface area contributed by atoms with E-state index >= 15 is 0 Å². The Balaban J connectivity index is 1.54. The van der Waals surface area contributed by atoms with Gasteiger partial charge in [-0.25, -0.2) is 0 Å². The monoisotopic (exact) mass is 439 g/mol. The fraction of sp³-hybridized carbons (Fsp3) is 0.250. The second kappa shape index (κ2) is 9.82. The number of amides is 2. The predicted molar refractivity (Wildman–Crippen MR) is 133 cm³/mol. The zero-order chi connectivity index (χ0) is 23.4. The summed E-state index contributed by atoms with van der Waals surface area (Å²) in [6, 6.07) is 16.5. The number of likely N-dealkylation sites (N-methyl/N-ethyl adjacent to an activating group) is 1. The number of carbonyl (C=O) groups excluding carboxylic acids is 2. The van der Waals surface area contributed by atoms with E-state index in [9.17, 15) is 9.59 Å². The molecule has 1 aliphatic heterocycles. The lowest BCUT2D eigenvalue weighted by Gasteiger charge is -2.28. The fourth-order valence-corrected chi connectivity index (χ4v) is 4.12. The van der Waals surface area contributed by atoms with E-state index in [2.05, 4.69) is 30.2 Å². The first-order valence-corrected chi connectivity index (χ1v) is 11.3. The number of nitrogens with one attached hydrogen (secondary N) is 1. The lowest BCUT2D eigenvalue weighted by molar-refractivity contribution is -0.136. The summed E-state index contributed by atoms with van der Waals surface area (Å²) in [7, 11) is 1.69. The maximum absolute atomic E-state index is 13.4. The summed E-state index contributed by atoms with van der Waals surface area (Å²) in [5.41, 5.74) is 5.61. The average molecular weight is 440 g/mol. The highest BCUT2D eigenvalue weighted by Crippen LogP contribution is 2.31. The molecular weight excluding hydrogens is 410 g/mol. The molecule has 1 N–H and O–H groups in total. The van der Waals surface area contributed by atoms with Crippen molar-refractivity contribution in [3.63, 3.8) is 0 Å². The third kappa shape index (κ3) is 5.03. The van der Waals surface area contributed by atoms with Crippen LogP contribution in [0.25, 0.3) is 0 Å². The zero-order valence-corrected chi connectivity index (χ0v) is 19.3. The summed E-state index contributed by atoms with van der Waals surface area (Å²) in [5, 5.41) is 2.99. The molecule has 0 saturated heterocycles. The van der Waals surface area contributed by atoms with Gasteiger partial charge in [-0.1, -0.05) is 68.5 Å². The molecule has 5 nitrogen and oxygen atoms in total. The number of anilines is 1. The van der Waals surface area contributed by atoms with Gasteiger partial charge in [-0.3, -0.25) is 14.6 Å². The van der Waals surface area contributed by atoms with Gasteiger partial charge in [-0.15, -0.1) is 0 Å². The molecule has 0 spiro atoms. The van der Waals surface area contributed by atoms with E-state index in [4.69, 9.17) is 0 Å². The van der Waals surface area contributed by atoms with E-state index in [0.29, 0.717) is 11.6 Å². The van der Waals surface area contributed by atoms with Crippen molar-refractivity contribution in [3.05, 3.63) is 101 Å². The van der Waals surface area contributed by atoms with Gasteiger partial charge < -0.3 is 10.2 Å². The first-order chi connectivity index (χ1) is 15.9. The first-order valence-electron chi connectivity index (χ1n) is 11.3. The van der Waals surface area contributed by atoms with E-state index in [1.807, 2.05) is 66.7 Å². The maximum Gasteiger partial charge on any atom is 0.251 e. The fourth-order valence-electron chi connectivity index (χ4n) is 4.12. The number of rotatable bonds is 7. The highest BCUT2D eigenvalue weighted by atomic mass is 16.2. The van der Waals surface area contributed by atoms with Gasteiger partial charge in [-0.05, 0) is 52.8 Å². The van der Waals surface area contributed by atoms with Crippen LogP contribution in [0.1, 0.15) is 49.8 Å². The second-order valence-electron chi connectivity index (χ2n) is 8.71. The largest absolute Gasteiger partial charge is 0.329 e. The third-order valence-electron chi connectivity index (χ3n) is 6.10. The second-order valence-corrected chi connectivity index (χ2v) is 8.71. The lowest BCUT2D eigenvalue weighted by Crippen LogP contribution is -2.38. The highest BCUT2D eigenvalue weighted by molar-refractivity contribution is 5.99. The molecule has 0 bridgehead atoms. The number of hydrogen-bond acceptors (Lipinski definition) is 3. The van der Waals surface area contributed by atoms with E-state index in [1.165, 1.54) is 10.5 Å². The maximum atomic E-state index is 13.4. The molecule has 2 aromatic carbocycles. The van der Waals surface area contributed by atoms with Gasteiger partial charge in [0, 0.05) is 18.9 Å². The van der Waals surface area contributed by atoms with Gasteiger partial charge in [0.25, 0.3) is 5.91 Å². The Kier molecular flexibility index (Phi) is 6.68. The Hall–Kier alpha value is -3.73. The standard InChI is InChI=1S/C28H29N3O2/c1-19(2)20-13-15-23(16-14-20)30-28(33)27(21-9-5-4-6-10-21)31(3)26(32)17-22-18-29-25-12-8-7-11-24(22)25/h4-10,12-16,18-19,27H,11,17H2,1-3H3,(H,30,33). The minimum atomic E-state index is -0.742. The molecule has 0 radical (unpaired) electrons. The Morgan fingerprint density at radius 2 is 1.76 bits per heavy atom. The molecule has 0 aromatic heterocycles. The quantitative estimate of drug-likeness (QED) is 0.614. The lowest BCUT2D eigenvalue weighted by atomic mass is 9.98. The van der Waals surface area contributed by atoms with Crippen molar-refractivity contribution in [2.75, 3.05) is 12.4 Å². The highest BCUT2D eigenvalue weighted by Gasteiger charge is 2.30. The van der Waals surface area contributed by atoms with Gasteiger partial charge in [0.15, 0.2) is 0 Å². The number of nitrogens with zero attached hydrogens (tertiary/aromatic N) is 2. The molecule has 2 amide bonds. The van der Waals surface area contributed by atoms with Crippen LogP contribution in [0.2, 0.25) is 0 Å². The van der Waals surface area contributed by atoms with Gasteiger partial charge in [0.1, 0.15) is 6.04 Å². The van der Waals surface area contributed by atoms with Crippen LogP contribution in [-0.2, 0) is 9.59 Å². The minimum absolute atomic E-state index is 0.126. The van der Waals surface area contributed by atoms with Crippen molar-refractivity contribution in [1.29, 1.82) is 0 Å². The molecular formula is C28H29N3O2. The molecule has 0 saturated carbocycles. The molecule has 2 aliphatic rings. The molecule has 2 aromatic rings. The van der Waals surface area contributed by atoms with Crippen LogP contribution in [-0.4, -0.2) is 30.0 Å². The van der Waals surface area contributed by atoms with E-state index < -0.39 is 6.04 Å². The van der Waals surface area contributed by atoms with Crippen LogP contribution in [0.3, 0.4) is 0 Å². The van der Waals surface area contributed by atoms with Crippen LogP contribution < -0.4 is 5.32 Å². The van der Waals surface area contributed by atoms with E-state index in [1.54, 1.807) is 13.3 Å². The summed E-state index contributed by atoms with van der Waals surface area (Å²) in [6.07, 6.45) is 8.76. The van der Waals surface area contributed by atoms with Gasteiger partial charge in [-0.2, -0.15) is 0 Å². The Morgan fingerprint density at radius 1 is 1.03 bits per heavy atom. The molecule has 1 heterocycles. The summed E-state index contributed by atoms with van der Waals surface area (Å²) in [6.45, 7) is 4.26. The van der Waals surface area contributed by atoms with Crippen molar-refractivity contribution in [3.8, 4) is 0 Å². The van der Waals surface area contributed by atoms with Gasteiger partial charge in [0.05, 0.1) is 12.1 Å². The smallest absolute Gasteiger partial charge is 0.251 e. The van der Waals surface area contributed by atoms with Crippen LogP contribution in [0.4, 0.5) is 5.69 Å². The topological polar surface area (TPSA) is 61.8 Å². The van der Waals surface area contributed by atoms with Gasteiger partial charge >= 0.3 is 0 Å². The minimum Gasteiger partial charge on any atom is -0.329 e. The molecule has 4 rings (SSSR count). The summed E-state index contributed by atoms with van der Waals surface area (Å²) >= 11 is 0. The number of fused-ring (bicyclic) bond motifs is 1. The molecule has 168 valence electrons. The predicted octanol–water partition coefficient (Wildman–Crippen LogP) is 5.56. The summed E-state index contributed by atoms with van der Waals surface area (Å²) in [5.74, 6) is 0.0484. The van der Waals surface area contributed by atoms with E-state index in [-0.39, 0.29) is 18.2 Å². The zero-order valence-electron chi connectivity index (χ0n) is 19.3. The number of carbonyl (C=O) groups is 2. The third-order valence-corrected chi connectivity index (χ3v) is 6.10. The number of benzene rings is 2. The number of allylic oxidation sites excluding steroid dienone is 4. The normalized spacial score (nSPS) is 15.3. The van der Waals surface area contributed by atoms with Crippen molar-refractivity contribution < 1.29 is 9.59 Å². The average Bonchev–Trinajstić information content (AvgIpc) is 3.23. The summed E-state index contributed by atoms with van der Waals surface area (Å²) in [4.78, 5) is 32.6. The molecule has 33 heavy (non-hydrogen) atoms. The van der Waals surface area contributed by atoms with Crippen LogP contribution >= 0.6 is 0 Å². The Morgan fingerprint density at radius 3 is 2.45 bits per heavy atom. The van der Waals surface area contributed by atoms with Crippen molar-refractivity contribution in [2.45, 2.75) is 38.6 Å². The molecule has 0 fully saturated rings. The Bertz CT molecular complexity index is 1160. The Labute approximate surface area is 195 Å². The molecule has 5 heteroatoms. The number of aliphatic imine (C=N–C) groups is 1. The summed E-state index contributed by atoms with van der Waals surface area (Å²) < 4.78 is 0. The van der Waals surface area contributed by atoms with Gasteiger partial charge in [0.2, 0.25) is 5.91 Å². The van der Waals surface area contributed by atoms with Crippen molar-refractivity contribution >= 4 is 23.7 Å². The first kappa shape index (κ1) is 22.5. The molecule has 1 unspecified atom stereocenters. The van der Waals surface area contributed by atoms with Crippen LogP contribution in [0, 0.1) is 0 Å². The van der Waals surface area contributed by atoms with Crippen LogP contribution in [0.15, 0.2) is 94.7 Å². The molecule has 1 aliphatic carbocycles. The van der Waals surface area contributed by atoms with Crippen molar-refractivity contribution in [1.82, 2.24) is 4.90 Å². The van der Waals surface area contributed by atoms with Crippen molar-refractivity contribution in [2.24, 2.45) is 4.99 Å². The van der Waals surface area contributed by atoms with E-state index in [0.717, 1.165) is 28.8 Å². The SMILES string of the molecule is CC(C)c1ccc(NC(=O)C(c2ccccc2)N(C)C(=O)CC2=C3CC=CC=C3N=C2)cc1.